The number of hydrogen-bond donors (Lipinski definition) is 1. The molecule has 3 aromatic carbocycles. The van der Waals surface area contributed by atoms with Crippen molar-refractivity contribution < 1.29 is 4.79 Å². The third kappa shape index (κ3) is 4.44. The number of nitrogens with one attached hydrogen (secondary N) is 1. The third-order valence-electron chi connectivity index (χ3n) is 4.75. The highest BCUT2D eigenvalue weighted by molar-refractivity contribution is 8.00. The predicted molar refractivity (Wildman–Crippen MR) is 121 cm³/mol. The van der Waals surface area contributed by atoms with Gasteiger partial charge in [0.25, 0.3) is 0 Å². The topological polar surface area (TPSA) is 59.8 Å². The van der Waals surface area contributed by atoms with Crippen LogP contribution in [0.15, 0.2) is 90.1 Å². The van der Waals surface area contributed by atoms with Gasteiger partial charge in [0.1, 0.15) is 5.25 Å². The van der Waals surface area contributed by atoms with E-state index in [1.165, 1.54) is 11.8 Å². The van der Waals surface area contributed by atoms with Crippen LogP contribution in [0.25, 0.3) is 11.4 Å². The van der Waals surface area contributed by atoms with Gasteiger partial charge in [-0.3, -0.25) is 4.79 Å². The van der Waals surface area contributed by atoms with E-state index in [1.807, 2.05) is 103 Å². The second kappa shape index (κ2) is 8.97. The average molecular weight is 415 g/mol. The highest BCUT2D eigenvalue weighted by Gasteiger charge is 2.25. The van der Waals surface area contributed by atoms with Crippen LogP contribution in [0.3, 0.4) is 0 Å². The minimum atomic E-state index is -0.459. The molecule has 0 saturated heterocycles. The smallest absolute Gasteiger partial charge is 0.242 e. The lowest BCUT2D eigenvalue weighted by Crippen LogP contribution is -2.19. The summed E-state index contributed by atoms with van der Waals surface area (Å²) in [6.45, 7) is 2.02. The first-order valence-electron chi connectivity index (χ1n) is 9.66. The molecule has 0 bridgehead atoms. The Morgan fingerprint density at radius 2 is 1.53 bits per heavy atom. The molecule has 4 aromatic rings. The van der Waals surface area contributed by atoms with Crippen molar-refractivity contribution in [2.24, 2.45) is 7.05 Å². The Labute approximate surface area is 180 Å². The van der Waals surface area contributed by atoms with Gasteiger partial charge in [-0.15, -0.1) is 10.2 Å². The fraction of sp³-hybridized carbons (Fsp3) is 0.125. The Kier molecular flexibility index (Phi) is 5.95. The molecule has 1 heterocycles. The van der Waals surface area contributed by atoms with E-state index >= 15 is 0 Å². The summed E-state index contributed by atoms with van der Waals surface area (Å²) in [5.41, 5.74) is 3.82. The van der Waals surface area contributed by atoms with Crippen molar-refractivity contribution >= 4 is 23.4 Å². The first-order valence-corrected chi connectivity index (χ1v) is 10.5. The molecule has 1 amide bonds. The SMILES string of the molecule is Cc1ccc(NC(=O)[C@@H](Sc2nnc(-c3ccccc3)n2C)c2ccccc2)cc1. The number of carbonyl (C=O) groups excluding carboxylic acids is 1. The van der Waals surface area contributed by atoms with Crippen LogP contribution >= 0.6 is 11.8 Å². The van der Waals surface area contributed by atoms with Gasteiger partial charge in [0, 0.05) is 18.3 Å². The molecule has 1 atom stereocenters. The van der Waals surface area contributed by atoms with Gasteiger partial charge in [-0.1, -0.05) is 90.1 Å². The molecule has 5 nitrogen and oxygen atoms in total. The quantitative estimate of drug-likeness (QED) is 0.437. The number of aromatic nitrogens is 3. The maximum atomic E-state index is 13.2. The number of hydrogen-bond acceptors (Lipinski definition) is 4. The van der Waals surface area contributed by atoms with Gasteiger partial charge in [-0.2, -0.15) is 0 Å². The summed E-state index contributed by atoms with van der Waals surface area (Å²) in [7, 11) is 1.92. The van der Waals surface area contributed by atoms with E-state index in [2.05, 4.69) is 15.5 Å². The van der Waals surface area contributed by atoms with E-state index in [0.29, 0.717) is 5.16 Å². The second-order valence-corrected chi connectivity index (χ2v) is 8.07. The zero-order valence-electron chi connectivity index (χ0n) is 16.8. The molecular weight excluding hydrogens is 392 g/mol. The number of thioether (sulfide) groups is 1. The summed E-state index contributed by atoms with van der Waals surface area (Å²) in [4.78, 5) is 13.2. The lowest BCUT2D eigenvalue weighted by molar-refractivity contribution is -0.115. The number of rotatable bonds is 6. The van der Waals surface area contributed by atoms with E-state index in [-0.39, 0.29) is 5.91 Å². The van der Waals surface area contributed by atoms with Crippen LogP contribution in [-0.4, -0.2) is 20.7 Å². The minimum Gasteiger partial charge on any atom is -0.325 e. The maximum Gasteiger partial charge on any atom is 0.242 e. The Morgan fingerprint density at radius 1 is 0.900 bits per heavy atom. The normalized spacial score (nSPS) is 11.8. The molecule has 0 unspecified atom stereocenters. The Morgan fingerprint density at radius 3 is 2.20 bits per heavy atom. The fourth-order valence-electron chi connectivity index (χ4n) is 3.11. The maximum absolute atomic E-state index is 13.2. The summed E-state index contributed by atoms with van der Waals surface area (Å²) in [6.07, 6.45) is 0. The fourth-order valence-corrected chi connectivity index (χ4v) is 4.11. The van der Waals surface area contributed by atoms with E-state index in [1.54, 1.807) is 0 Å². The number of nitrogens with zero attached hydrogens (tertiary/aromatic N) is 3. The molecule has 0 aliphatic carbocycles. The van der Waals surface area contributed by atoms with Gasteiger partial charge >= 0.3 is 0 Å². The number of aryl methyl sites for hydroxylation is 1. The molecule has 150 valence electrons. The van der Waals surface area contributed by atoms with Gasteiger partial charge in [0.05, 0.1) is 0 Å². The largest absolute Gasteiger partial charge is 0.325 e. The van der Waals surface area contributed by atoms with E-state index in [0.717, 1.165) is 28.2 Å². The lowest BCUT2D eigenvalue weighted by atomic mass is 10.1. The highest BCUT2D eigenvalue weighted by atomic mass is 32.2. The van der Waals surface area contributed by atoms with E-state index in [9.17, 15) is 4.79 Å². The molecule has 0 saturated carbocycles. The first kappa shape index (κ1) is 19.9. The van der Waals surface area contributed by atoms with Crippen LogP contribution in [0.5, 0.6) is 0 Å². The van der Waals surface area contributed by atoms with Gasteiger partial charge < -0.3 is 9.88 Å². The van der Waals surface area contributed by atoms with Crippen molar-refractivity contribution in [3.8, 4) is 11.4 Å². The van der Waals surface area contributed by atoms with Crippen molar-refractivity contribution in [2.75, 3.05) is 5.32 Å². The molecule has 0 radical (unpaired) electrons. The first-order chi connectivity index (χ1) is 14.6. The van der Waals surface area contributed by atoms with Crippen LogP contribution in [0.1, 0.15) is 16.4 Å². The van der Waals surface area contributed by atoms with Crippen LogP contribution < -0.4 is 5.32 Å². The van der Waals surface area contributed by atoms with Crippen molar-refractivity contribution in [3.63, 3.8) is 0 Å². The Hall–Kier alpha value is -3.38. The average Bonchev–Trinajstić information content (AvgIpc) is 3.15. The minimum absolute atomic E-state index is 0.0979. The Balaban J connectivity index is 1.62. The molecule has 0 aliphatic rings. The summed E-state index contributed by atoms with van der Waals surface area (Å²) in [5, 5.41) is 12.0. The zero-order valence-corrected chi connectivity index (χ0v) is 17.6. The summed E-state index contributed by atoms with van der Waals surface area (Å²) < 4.78 is 1.93. The number of amides is 1. The van der Waals surface area contributed by atoms with E-state index in [4.69, 9.17) is 0 Å². The van der Waals surface area contributed by atoms with Gasteiger partial charge in [-0.05, 0) is 24.6 Å². The van der Waals surface area contributed by atoms with Crippen LogP contribution in [0, 0.1) is 6.92 Å². The monoisotopic (exact) mass is 414 g/mol. The summed E-state index contributed by atoms with van der Waals surface area (Å²) in [6, 6.07) is 27.4. The van der Waals surface area contributed by atoms with Crippen molar-refractivity contribution in [2.45, 2.75) is 17.3 Å². The second-order valence-electron chi connectivity index (χ2n) is 7.00. The molecule has 0 fully saturated rings. The van der Waals surface area contributed by atoms with Crippen molar-refractivity contribution in [3.05, 3.63) is 96.1 Å². The summed E-state index contributed by atoms with van der Waals surface area (Å²) >= 11 is 1.39. The zero-order chi connectivity index (χ0) is 20.9. The summed E-state index contributed by atoms with van der Waals surface area (Å²) in [5.74, 6) is 0.670. The molecule has 1 aromatic heterocycles. The lowest BCUT2D eigenvalue weighted by Gasteiger charge is -2.17. The molecular formula is C24H22N4OS. The van der Waals surface area contributed by atoms with Gasteiger partial charge in [-0.25, -0.2) is 0 Å². The molecule has 4 rings (SSSR count). The number of carbonyl (C=O) groups is 1. The van der Waals surface area contributed by atoms with Crippen LogP contribution in [0.2, 0.25) is 0 Å². The molecule has 6 heteroatoms. The standard InChI is InChI=1S/C24H22N4OS/c1-17-13-15-20(16-14-17)25-23(29)21(18-9-5-3-6-10-18)30-24-27-26-22(28(24)2)19-11-7-4-8-12-19/h3-16,21H,1-2H3,(H,25,29)/t21-/m0/s1. The molecule has 1 N–H and O–H groups in total. The number of benzene rings is 3. The molecule has 0 aliphatic heterocycles. The van der Waals surface area contributed by atoms with Gasteiger partial charge in [0.15, 0.2) is 11.0 Å². The van der Waals surface area contributed by atoms with Crippen LogP contribution in [-0.2, 0) is 11.8 Å². The third-order valence-corrected chi connectivity index (χ3v) is 6.04. The van der Waals surface area contributed by atoms with Crippen molar-refractivity contribution in [1.29, 1.82) is 0 Å². The predicted octanol–water partition coefficient (Wildman–Crippen LogP) is 5.26. The van der Waals surface area contributed by atoms with E-state index < -0.39 is 5.25 Å². The molecule has 30 heavy (non-hydrogen) atoms. The highest BCUT2D eigenvalue weighted by Crippen LogP contribution is 2.36. The molecule has 0 spiro atoms. The van der Waals surface area contributed by atoms with Crippen LogP contribution in [0.4, 0.5) is 5.69 Å². The Bertz CT molecular complexity index is 1130. The number of anilines is 1. The van der Waals surface area contributed by atoms with Crippen molar-refractivity contribution in [1.82, 2.24) is 14.8 Å². The van der Waals surface area contributed by atoms with Gasteiger partial charge in [0.2, 0.25) is 5.91 Å².